The predicted octanol–water partition coefficient (Wildman–Crippen LogP) is 2.27. The molecule has 1 saturated heterocycles. The molecule has 0 spiro atoms. The maximum absolute atomic E-state index is 12.1. The van der Waals surface area contributed by atoms with Crippen molar-refractivity contribution < 1.29 is 33.4 Å². The molecule has 1 aliphatic heterocycles. The van der Waals surface area contributed by atoms with Crippen LogP contribution in [0.25, 0.3) is 0 Å². The van der Waals surface area contributed by atoms with Crippen LogP contribution in [0, 0.1) is 11.8 Å². The normalized spacial score (nSPS) is 19.0. The van der Waals surface area contributed by atoms with Crippen LogP contribution >= 0.6 is 0 Å². The van der Waals surface area contributed by atoms with Crippen LogP contribution in [-0.4, -0.2) is 98.4 Å². The lowest BCUT2D eigenvalue weighted by Crippen LogP contribution is -2.39. The molecule has 1 aromatic heterocycles. The highest BCUT2D eigenvalue weighted by molar-refractivity contribution is 5.89. The minimum atomic E-state index is -0.348. The molecule has 44 heavy (non-hydrogen) atoms. The fraction of sp³-hybridized carbons (Fsp3) is 0.688. The van der Waals surface area contributed by atoms with Crippen LogP contribution < -0.4 is 16.0 Å². The fourth-order valence-corrected chi connectivity index (χ4v) is 4.78. The first-order chi connectivity index (χ1) is 21.3. The first-order valence-corrected chi connectivity index (χ1v) is 15.9. The molecule has 4 amide bonds. The SMILES string of the molecule is CC.CCC(=O)C1CCC(NC(=O)CCOCCOCCNC(=O)CCNC(=O)C2CC(=O)N(C)C2)CC1.c1ccncc1. The molecule has 12 nitrogen and oxygen atoms in total. The Morgan fingerprint density at radius 1 is 0.841 bits per heavy atom. The summed E-state index contributed by atoms with van der Waals surface area (Å²) >= 11 is 0. The number of hydrogen-bond acceptors (Lipinski definition) is 8. The first-order valence-electron chi connectivity index (χ1n) is 15.9. The molecule has 0 aromatic carbocycles. The van der Waals surface area contributed by atoms with Crippen molar-refractivity contribution in [3.05, 3.63) is 30.6 Å². The number of carbonyl (C=O) groups is 5. The van der Waals surface area contributed by atoms with Crippen molar-refractivity contribution in [2.45, 2.75) is 78.2 Å². The summed E-state index contributed by atoms with van der Waals surface area (Å²) in [4.78, 5) is 64.5. The van der Waals surface area contributed by atoms with Gasteiger partial charge in [0.05, 0.1) is 32.3 Å². The van der Waals surface area contributed by atoms with Gasteiger partial charge >= 0.3 is 0 Å². The van der Waals surface area contributed by atoms with Gasteiger partial charge in [0.1, 0.15) is 5.78 Å². The van der Waals surface area contributed by atoms with E-state index in [4.69, 9.17) is 9.47 Å². The fourth-order valence-electron chi connectivity index (χ4n) is 4.78. The molecule has 1 aromatic rings. The second kappa shape index (κ2) is 24.0. The van der Waals surface area contributed by atoms with Gasteiger partial charge in [0, 0.05) is 76.7 Å². The highest BCUT2D eigenvalue weighted by Gasteiger charge is 2.31. The third-order valence-electron chi connectivity index (χ3n) is 7.24. The zero-order valence-electron chi connectivity index (χ0n) is 27.0. The number of pyridine rings is 1. The summed E-state index contributed by atoms with van der Waals surface area (Å²) < 4.78 is 10.8. The molecule has 1 unspecified atom stereocenters. The van der Waals surface area contributed by atoms with Crippen LogP contribution in [0.2, 0.25) is 0 Å². The summed E-state index contributed by atoms with van der Waals surface area (Å²) in [5.41, 5.74) is 0. The van der Waals surface area contributed by atoms with Gasteiger partial charge < -0.3 is 30.3 Å². The molecule has 2 fully saturated rings. The van der Waals surface area contributed by atoms with Crippen LogP contribution in [0.1, 0.15) is 72.1 Å². The summed E-state index contributed by atoms with van der Waals surface area (Å²) in [6, 6.07) is 5.86. The number of nitrogens with one attached hydrogen (secondary N) is 3. The summed E-state index contributed by atoms with van der Waals surface area (Å²) in [6.07, 6.45) is 8.15. The lowest BCUT2D eigenvalue weighted by Gasteiger charge is -2.28. The van der Waals surface area contributed by atoms with Crippen molar-refractivity contribution in [3.8, 4) is 0 Å². The van der Waals surface area contributed by atoms with E-state index in [0.29, 0.717) is 51.7 Å². The van der Waals surface area contributed by atoms with E-state index < -0.39 is 0 Å². The second-order valence-electron chi connectivity index (χ2n) is 10.5. The maximum Gasteiger partial charge on any atom is 0.225 e. The van der Waals surface area contributed by atoms with Gasteiger partial charge in [-0.1, -0.05) is 26.8 Å². The Labute approximate surface area is 262 Å². The van der Waals surface area contributed by atoms with E-state index in [-0.39, 0.29) is 67.3 Å². The van der Waals surface area contributed by atoms with E-state index in [2.05, 4.69) is 20.9 Å². The lowest BCUT2D eigenvalue weighted by atomic mass is 9.83. The van der Waals surface area contributed by atoms with Gasteiger partial charge in [0.2, 0.25) is 23.6 Å². The van der Waals surface area contributed by atoms with E-state index in [9.17, 15) is 24.0 Å². The molecular weight excluding hydrogens is 566 g/mol. The van der Waals surface area contributed by atoms with Crippen molar-refractivity contribution >= 4 is 29.4 Å². The minimum absolute atomic E-state index is 0.0378. The zero-order chi connectivity index (χ0) is 32.6. The van der Waals surface area contributed by atoms with Crippen LogP contribution in [0.3, 0.4) is 0 Å². The van der Waals surface area contributed by atoms with E-state index in [1.54, 1.807) is 19.4 Å². The molecule has 1 saturated carbocycles. The summed E-state index contributed by atoms with van der Waals surface area (Å²) in [5.74, 6) is -0.334. The van der Waals surface area contributed by atoms with Crippen molar-refractivity contribution in [3.63, 3.8) is 0 Å². The summed E-state index contributed by atoms with van der Waals surface area (Å²) in [7, 11) is 1.67. The quantitative estimate of drug-likeness (QED) is 0.238. The van der Waals surface area contributed by atoms with Crippen LogP contribution in [0.15, 0.2) is 30.6 Å². The second-order valence-corrected chi connectivity index (χ2v) is 10.5. The van der Waals surface area contributed by atoms with Crippen LogP contribution in [-0.2, 0) is 33.4 Å². The Morgan fingerprint density at radius 2 is 1.50 bits per heavy atom. The number of ether oxygens (including phenoxy) is 2. The Hall–Kier alpha value is -3.38. The Balaban J connectivity index is 0.00000106. The van der Waals surface area contributed by atoms with Gasteiger partial charge in [-0.3, -0.25) is 29.0 Å². The van der Waals surface area contributed by atoms with Crippen molar-refractivity contribution in [2.75, 3.05) is 53.1 Å². The minimum Gasteiger partial charge on any atom is -0.379 e. The third-order valence-corrected chi connectivity index (χ3v) is 7.24. The maximum atomic E-state index is 12.1. The molecule has 1 aliphatic carbocycles. The smallest absolute Gasteiger partial charge is 0.225 e. The number of Topliss-reactive ketones (excluding diaryl/α,β-unsaturated/α-hetero) is 1. The molecule has 248 valence electrons. The van der Waals surface area contributed by atoms with Crippen molar-refractivity contribution in [1.29, 1.82) is 0 Å². The van der Waals surface area contributed by atoms with Gasteiger partial charge in [0.15, 0.2) is 0 Å². The van der Waals surface area contributed by atoms with Crippen molar-refractivity contribution in [1.82, 2.24) is 25.8 Å². The van der Waals surface area contributed by atoms with Gasteiger partial charge in [-0.15, -0.1) is 0 Å². The zero-order valence-corrected chi connectivity index (χ0v) is 27.0. The molecule has 2 heterocycles. The highest BCUT2D eigenvalue weighted by atomic mass is 16.5. The highest BCUT2D eigenvalue weighted by Crippen LogP contribution is 2.25. The molecule has 0 radical (unpaired) electrons. The number of ketones is 1. The van der Waals surface area contributed by atoms with E-state index in [0.717, 1.165) is 25.7 Å². The molecule has 2 aliphatic rings. The third kappa shape index (κ3) is 17.0. The van der Waals surface area contributed by atoms with E-state index in [1.165, 1.54) is 4.90 Å². The molecule has 3 rings (SSSR count). The van der Waals surface area contributed by atoms with E-state index >= 15 is 0 Å². The number of rotatable bonds is 16. The van der Waals surface area contributed by atoms with Gasteiger partial charge in [-0.05, 0) is 37.8 Å². The largest absolute Gasteiger partial charge is 0.379 e. The van der Waals surface area contributed by atoms with Crippen molar-refractivity contribution in [2.24, 2.45) is 11.8 Å². The number of carbonyl (C=O) groups excluding carboxylic acids is 5. The number of likely N-dealkylation sites (tertiary alicyclic amines) is 1. The van der Waals surface area contributed by atoms with Crippen LogP contribution in [0.5, 0.6) is 0 Å². The van der Waals surface area contributed by atoms with E-state index in [1.807, 2.05) is 39.0 Å². The van der Waals surface area contributed by atoms with Crippen LogP contribution in [0.4, 0.5) is 0 Å². The molecule has 0 bridgehead atoms. The Bertz CT molecular complexity index is 944. The molecular formula is C32H53N5O7. The number of hydrogen-bond donors (Lipinski definition) is 3. The predicted molar refractivity (Wildman–Crippen MR) is 167 cm³/mol. The Kier molecular flexibility index (Phi) is 21.1. The van der Waals surface area contributed by atoms with Gasteiger partial charge in [-0.25, -0.2) is 0 Å². The van der Waals surface area contributed by atoms with Gasteiger partial charge in [-0.2, -0.15) is 0 Å². The van der Waals surface area contributed by atoms with Gasteiger partial charge in [0.25, 0.3) is 0 Å². The lowest BCUT2D eigenvalue weighted by molar-refractivity contribution is -0.128. The number of aromatic nitrogens is 1. The number of amides is 4. The summed E-state index contributed by atoms with van der Waals surface area (Å²) in [5, 5.41) is 8.44. The number of nitrogens with zero attached hydrogens (tertiary/aromatic N) is 2. The topological polar surface area (TPSA) is 156 Å². The average molecular weight is 620 g/mol. The molecule has 1 atom stereocenters. The molecule has 3 N–H and O–H groups in total. The monoisotopic (exact) mass is 619 g/mol. The molecule has 12 heteroatoms. The standard InChI is InChI=1S/C25H42N4O7.C5H5N.C2H6/c1-3-21(30)18-4-6-20(7-5-18)28-23(32)9-12-35-14-15-36-13-11-26-22(31)8-10-27-25(34)19-16-24(33)29(2)17-19;1-2-4-6-5-3-1;1-2/h18-20H,3-17H2,1-2H3,(H,26,31)(H,27,34)(H,28,32);1-5H;1-2H3. The summed E-state index contributed by atoms with van der Waals surface area (Å²) in [6.45, 7) is 8.25. The first kappa shape index (κ1) is 38.6. The Morgan fingerprint density at radius 3 is 2.05 bits per heavy atom. The average Bonchev–Trinajstić information content (AvgIpc) is 3.39.